The van der Waals surface area contributed by atoms with Crippen molar-refractivity contribution in [2.75, 3.05) is 12.5 Å². The van der Waals surface area contributed by atoms with Gasteiger partial charge in [0, 0.05) is 13.2 Å². The van der Waals surface area contributed by atoms with Gasteiger partial charge in [0.15, 0.2) is 11.6 Å². The molecule has 0 unspecified atom stereocenters. The predicted molar refractivity (Wildman–Crippen MR) is 76.8 cm³/mol. The molecule has 114 valence electrons. The Morgan fingerprint density at radius 2 is 2.24 bits per heavy atom. The number of sulfonamides is 1. The number of nitrogen functional groups attached to an aromatic ring is 1. The SMILES string of the molecule is Cc1nc(CN(C)S(=O)(=O)c2cnc(NN)c(Cl)c2)n[nH]1. The number of anilines is 1. The molecule has 0 radical (unpaired) electrons. The number of halogens is 1. The molecule has 0 aromatic carbocycles. The van der Waals surface area contributed by atoms with Gasteiger partial charge in [-0.1, -0.05) is 11.6 Å². The van der Waals surface area contributed by atoms with Crippen LogP contribution in [-0.4, -0.2) is 39.9 Å². The highest BCUT2D eigenvalue weighted by molar-refractivity contribution is 7.89. The van der Waals surface area contributed by atoms with Crippen LogP contribution in [-0.2, 0) is 16.6 Å². The first kappa shape index (κ1) is 15.6. The molecular formula is C10H14ClN7O2S. The summed E-state index contributed by atoms with van der Waals surface area (Å²) in [7, 11) is -2.33. The summed E-state index contributed by atoms with van der Waals surface area (Å²) in [6.07, 6.45) is 1.18. The van der Waals surface area contributed by atoms with Crippen LogP contribution in [0.25, 0.3) is 0 Å². The second-order valence-corrected chi connectivity index (χ2v) is 6.70. The zero-order chi connectivity index (χ0) is 15.6. The standard InChI is InChI=1S/C10H14ClN7O2S/c1-6-14-9(17-16-6)5-18(2)21(19,20)7-3-8(11)10(15-12)13-4-7/h3-4H,5,12H2,1-2H3,(H,13,15)(H,14,16,17). The molecule has 0 amide bonds. The number of aromatic nitrogens is 4. The van der Waals surface area contributed by atoms with E-state index in [1.807, 2.05) is 0 Å². The Hall–Kier alpha value is -1.75. The molecule has 0 fully saturated rings. The number of nitrogens with zero attached hydrogens (tertiary/aromatic N) is 4. The summed E-state index contributed by atoms with van der Waals surface area (Å²) in [4.78, 5) is 7.87. The molecule has 21 heavy (non-hydrogen) atoms. The Balaban J connectivity index is 2.26. The Bertz CT molecular complexity index is 746. The fourth-order valence-electron chi connectivity index (χ4n) is 1.59. The molecule has 9 nitrogen and oxygen atoms in total. The third kappa shape index (κ3) is 3.29. The average Bonchev–Trinajstić information content (AvgIpc) is 2.83. The van der Waals surface area contributed by atoms with Gasteiger partial charge < -0.3 is 5.43 Å². The van der Waals surface area contributed by atoms with Crippen molar-refractivity contribution < 1.29 is 8.42 Å². The molecule has 0 atom stereocenters. The van der Waals surface area contributed by atoms with Gasteiger partial charge in [-0.3, -0.25) is 5.10 Å². The highest BCUT2D eigenvalue weighted by Crippen LogP contribution is 2.23. The van der Waals surface area contributed by atoms with Crippen molar-refractivity contribution in [2.45, 2.75) is 18.4 Å². The van der Waals surface area contributed by atoms with Crippen LogP contribution in [0.1, 0.15) is 11.6 Å². The summed E-state index contributed by atoms with van der Waals surface area (Å²) in [6, 6.07) is 1.28. The Labute approximate surface area is 126 Å². The Morgan fingerprint density at radius 3 is 2.76 bits per heavy atom. The third-order valence-electron chi connectivity index (χ3n) is 2.67. The molecule has 0 aliphatic rings. The molecular weight excluding hydrogens is 318 g/mol. The van der Waals surface area contributed by atoms with Gasteiger partial charge in [0.05, 0.1) is 11.6 Å². The maximum atomic E-state index is 12.4. The third-order valence-corrected chi connectivity index (χ3v) is 4.73. The van der Waals surface area contributed by atoms with Crippen LogP contribution in [0.3, 0.4) is 0 Å². The number of aryl methyl sites for hydroxylation is 1. The van der Waals surface area contributed by atoms with E-state index >= 15 is 0 Å². The van der Waals surface area contributed by atoms with E-state index < -0.39 is 10.0 Å². The molecule has 2 heterocycles. The lowest BCUT2D eigenvalue weighted by molar-refractivity contribution is 0.457. The lowest BCUT2D eigenvalue weighted by atomic mass is 10.5. The van der Waals surface area contributed by atoms with Gasteiger partial charge in [-0.2, -0.15) is 9.40 Å². The second-order valence-electron chi connectivity index (χ2n) is 4.24. The van der Waals surface area contributed by atoms with Gasteiger partial charge in [-0.25, -0.2) is 24.2 Å². The van der Waals surface area contributed by atoms with Crippen LogP contribution < -0.4 is 11.3 Å². The van der Waals surface area contributed by atoms with E-state index in [-0.39, 0.29) is 22.3 Å². The molecule has 0 aliphatic heterocycles. The number of pyridine rings is 1. The number of aromatic amines is 1. The summed E-state index contributed by atoms with van der Waals surface area (Å²) < 4.78 is 25.9. The summed E-state index contributed by atoms with van der Waals surface area (Å²) in [5, 5.41) is 6.66. The van der Waals surface area contributed by atoms with Gasteiger partial charge in [-0.05, 0) is 13.0 Å². The smallest absolute Gasteiger partial charge is 0.244 e. The zero-order valence-electron chi connectivity index (χ0n) is 11.3. The molecule has 0 bridgehead atoms. The topological polar surface area (TPSA) is 130 Å². The van der Waals surface area contributed by atoms with Crippen LogP contribution in [0.2, 0.25) is 5.02 Å². The zero-order valence-corrected chi connectivity index (χ0v) is 12.9. The van der Waals surface area contributed by atoms with Crippen molar-refractivity contribution in [1.29, 1.82) is 0 Å². The lowest BCUT2D eigenvalue weighted by Gasteiger charge is -2.15. The van der Waals surface area contributed by atoms with Crippen molar-refractivity contribution in [1.82, 2.24) is 24.5 Å². The van der Waals surface area contributed by atoms with Crippen LogP contribution in [0.4, 0.5) is 5.82 Å². The van der Waals surface area contributed by atoms with Gasteiger partial charge in [0.2, 0.25) is 10.0 Å². The van der Waals surface area contributed by atoms with Gasteiger partial charge in [0.25, 0.3) is 0 Å². The summed E-state index contributed by atoms with van der Waals surface area (Å²) in [6.45, 7) is 1.76. The van der Waals surface area contributed by atoms with Gasteiger partial charge >= 0.3 is 0 Å². The minimum Gasteiger partial charge on any atom is -0.307 e. The number of rotatable bonds is 5. The van der Waals surface area contributed by atoms with E-state index in [0.29, 0.717) is 11.6 Å². The van der Waals surface area contributed by atoms with Crippen molar-refractivity contribution >= 4 is 27.4 Å². The fourth-order valence-corrected chi connectivity index (χ4v) is 2.98. The van der Waals surface area contributed by atoms with Crippen LogP contribution in [0.5, 0.6) is 0 Å². The number of hydrogen-bond acceptors (Lipinski definition) is 7. The maximum Gasteiger partial charge on any atom is 0.244 e. The van der Waals surface area contributed by atoms with Gasteiger partial charge in [0.1, 0.15) is 10.7 Å². The minimum absolute atomic E-state index is 0.0290. The second kappa shape index (κ2) is 5.93. The molecule has 11 heteroatoms. The van der Waals surface area contributed by atoms with Crippen molar-refractivity contribution in [3.05, 3.63) is 28.9 Å². The molecule has 2 aromatic rings. The maximum absolute atomic E-state index is 12.4. The lowest BCUT2D eigenvalue weighted by Crippen LogP contribution is -2.27. The Morgan fingerprint density at radius 1 is 1.52 bits per heavy atom. The summed E-state index contributed by atoms with van der Waals surface area (Å²) in [5.41, 5.74) is 2.27. The van der Waals surface area contributed by atoms with Crippen molar-refractivity contribution in [3.8, 4) is 0 Å². The van der Waals surface area contributed by atoms with E-state index in [1.165, 1.54) is 19.3 Å². The number of nitrogens with two attached hydrogens (primary N) is 1. The minimum atomic E-state index is -3.75. The van der Waals surface area contributed by atoms with Crippen LogP contribution >= 0.6 is 11.6 Å². The molecule has 4 N–H and O–H groups in total. The van der Waals surface area contributed by atoms with Crippen molar-refractivity contribution in [2.24, 2.45) is 5.84 Å². The number of H-pyrrole nitrogens is 1. The first-order chi connectivity index (χ1) is 9.84. The van der Waals surface area contributed by atoms with Crippen LogP contribution in [0.15, 0.2) is 17.2 Å². The van der Waals surface area contributed by atoms with E-state index in [9.17, 15) is 8.42 Å². The van der Waals surface area contributed by atoms with E-state index in [0.717, 1.165) is 4.31 Å². The normalized spacial score (nSPS) is 11.9. The molecule has 2 aromatic heterocycles. The monoisotopic (exact) mass is 331 g/mol. The summed E-state index contributed by atoms with van der Waals surface area (Å²) in [5.74, 6) is 6.38. The highest BCUT2D eigenvalue weighted by atomic mass is 35.5. The van der Waals surface area contributed by atoms with Gasteiger partial charge in [-0.15, -0.1) is 0 Å². The average molecular weight is 332 g/mol. The number of nitrogens with one attached hydrogen (secondary N) is 2. The molecule has 0 saturated heterocycles. The number of hydrazine groups is 1. The number of hydrogen-bond donors (Lipinski definition) is 3. The summed E-state index contributed by atoms with van der Waals surface area (Å²) >= 11 is 5.89. The predicted octanol–water partition coefficient (Wildman–Crippen LogP) is 0.268. The van der Waals surface area contributed by atoms with Crippen molar-refractivity contribution in [3.63, 3.8) is 0 Å². The van der Waals surface area contributed by atoms with E-state index in [2.05, 4.69) is 25.6 Å². The molecule has 0 saturated carbocycles. The van der Waals surface area contributed by atoms with Crippen LogP contribution in [0, 0.1) is 6.92 Å². The van der Waals surface area contributed by atoms with E-state index in [1.54, 1.807) is 6.92 Å². The molecule has 0 spiro atoms. The van der Waals surface area contributed by atoms with E-state index in [4.69, 9.17) is 17.4 Å². The fraction of sp³-hybridized carbons (Fsp3) is 0.300. The highest BCUT2D eigenvalue weighted by Gasteiger charge is 2.23. The first-order valence-corrected chi connectivity index (χ1v) is 7.62. The first-order valence-electron chi connectivity index (χ1n) is 5.81. The largest absolute Gasteiger partial charge is 0.307 e. The molecule has 0 aliphatic carbocycles. The quantitative estimate of drug-likeness (QED) is 0.529. The Kier molecular flexibility index (Phi) is 4.42. The molecule has 2 rings (SSSR count).